The lowest BCUT2D eigenvalue weighted by molar-refractivity contribution is -0.165. The van der Waals surface area contributed by atoms with Crippen molar-refractivity contribution in [1.29, 1.82) is 0 Å². The van der Waals surface area contributed by atoms with Crippen molar-refractivity contribution in [3.63, 3.8) is 0 Å². The summed E-state index contributed by atoms with van der Waals surface area (Å²) in [6, 6.07) is 13.1. The summed E-state index contributed by atoms with van der Waals surface area (Å²) in [5.74, 6) is 0.212. The van der Waals surface area contributed by atoms with Gasteiger partial charge in [0, 0.05) is 25.8 Å². The Hall–Kier alpha value is -2.61. The summed E-state index contributed by atoms with van der Waals surface area (Å²) >= 11 is 0. The number of nitrogens with zero attached hydrogens (tertiary/aromatic N) is 3. The number of pyridine rings is 1. The fraction of sp³-hybridized carbons (Fsp3) is 0.368. The molecule has 2 aromatic rings. The molecule has 1 aliphatic rings. The van der Waals surface area contributed by atoms with Gasteiger partial charge in [0.15, 0.2) is 0 Å². The average Bonchev–Trinajstić information content (AvgIpc) is 2.63. The van der Waals surface area contributed by atoms with Crippen LogP contribution in [0.1, 0.15) is 11.3 Å². The van der Waals surface area contributed by atoms with Crippen molar-refractivity contribution in [3.8, 4) is 5.75 Å². The number of carbonyl (C=O) groups is 1. The van der Waals surface area contributed by atoms with E-state index in [2.05, 4.69) is 4.98 Å². The second kappa shape index (κ2) is 8.39. The molecule has 27 heavy (non-hydrogen) atoms. The lowest BCUT2D eigenvalue weighted by Gasteiger charge is -2.34. The van der Waals surface area contributed by atoms with E-state index >= 15 is 0 Å². The van der Waals surface area contributed by atoms with E-state index < -0.39 is 18.6 Å². The minimum Gasteiger partial charge on any atom is -0.487 e. The summed E-state index contributed by atoms with van der Waals surface area (Å²) < 4.78 is 43.0. The molecule has 1 saturated heterocycles. The third-order valence-corrected chi connectivity index (χ3v) is 4.21. The van der Waals surface area contributed by atoms with Crippen LogP contribution in [-0.2, 0) is 17.9 Å². The molecule has 0 bridgehead atoms. The van der Waals surface area contributed by atoms with Gasteiger partial charge in [-0.25, -0.2) is 0 Å². The molecular weight excluding hydrogens is 359 g/mol. The van der Waals surface area contributed by atoms with E-state index in [4.69, 9.17) is 4.74 Å². The molecule has 0 radical (unpaired) electrons. The third kappa shape index (κ3) is 5.96. The van der Waals surface area contributed by atoms with E-state index in [-0.39, 0.29) is 13.1 Å². The van der Waals surface area contributed by atoms with Gasteiger partial charge in [0.2, 0.25) is 5.91 Å². The number of rotatable bonds is 6. The Bertz CT molecular complexity index is 751. The maximum absolute atomic E-state index is 12.4. The number of aromatic nitrogens is 1. The summed E-state index contributed by atoms with van der Waals surface area (Å²) in [6.45, 7) is 0.196. The molecule has 0 N–H and O–H groups in total. The zero-order valence-corrected chi connectivity index (χ0v) is 14.7. The summed E-state index contributed by atoms with van der Waals surface area (Å²) in [7, 11) is 0. The lowest BCUT2D eigenvalue weighted by atomic mass is 10.2. The van der Waals surface area contributed by atoms with E-state index in [1.807, 2.05) is 47.4 Å². The maximum Gasteiger partial charge on any atom is 0.406 e. The number of benzene rings is 1. The molecule has 0 unspecified atom stereocenters. The van der Waals surface area contributed by atoms with Gasteiger partial charge < -0.3 is 9.64 Å². The van der Waals surface area contributed by atoms with Crippen LogP contribution in [0.25, 0.3) is 0 Å². The van der Waals surface area contributed by atoms with Crippen molar-refractivity contribution in [3.05, 3.63) is 59.9 Å². The minimum atomic E-state index is -4.36. The molecular formula is C19H20F3N3O2. The quantitative estimate of drug-likeness (QED) is 0.774. The monoisotopic (exact) mass is 379 g/mol. The predicted octanol–water partition coefficient (Wildman–Crippen LogP) is 2.87. The Morgan fingerprint density at radius 3 is 2.48 bits per heavy atom. The van der Waals surface area contributed by atoms with Crippen LogP contribution < -0.4 is 4.74 Å². The maximum atomic E-state index is 12.4. The van der Waals surface area contributed by atoms with Gasteiger partial charge in [-0.2, -0.15) is 13.2 Å². The average molecular weight is 379 g/mol. The molecule has 144 valence electrons. The summed E-state index contributed by atoms with van der Waals surface area (Å²) in [6.07, 6.45) is -2.65. The number of hydrogen-bond donors (Lipinski definition) is 0. The zero-order valence-electron chi connectivity index (χ0n) is 14.7. The predicted molar refractivity (Wildman–Crippen MR) is 92.9 cm³/mol. The van der Waals surface area contributed by atoms with Gasteiger partial charge in [0.1, 0.15) is 18.9 Å². The van der Waals surface area contributed by atoms with E-state index in [9.17, 15) is 18.0 Å². The van der Waals surface area contributed by atoms with Gasteiger partial charge >= 0.3 is 6.18 Å². The van der Waals surface area contributed by atoms with Crippen LogP contribution in [0.2, 0.25) is 0 Å². The van der Waals surface area contributed by atoms with Crippen molar-refractivity contribution in [2.45, 2.75) is 19.3 Å². The highest BCUT2D eigenvalue weighted by atomic mass is 19.4. The second-order valence-electron chi connectivity index (χ2n) is 6.39. The highest BCUT2D eigenvalue weighted by molar-refractivity contribution is 5.79. The Morgan fingerprint density at radius 2 is 1.85 bits per heavy atom. The van der Waals surface area contributed by atoms with Gasteiger partial charge in [0.05, 0.1) is 12.2 Å². The van der Waals surface area contributed by atoms with E-state index in [0.29, 0.717) is 25.4 Å². The number of halogens is 3. The normalized spacial score (nSPS) is 15.8. The molecule has 1 fully saturated rings. The summed E-state index contributed by atoms with van der Waals surface area (Å²) in [5.41, 5.74) is 1.80. The van der Waals surface area contributed by atoms with Crippen molar-refractivity contribution in [1.82, 2.24) is 14.8 Å². The third-order valence-electron chi connectivity index (χ3n) is 4.21. The summed E-state index contributed by atoms with van der Waals surface area (Å²) in [4.78, 5) is 18.8. The molecule has 0 atom stereocenters. The smallest absolute Gasteiger partial charge is 0.406 e. The van der Waals surface area contributed by atoms with Crippen molar-refractivity contribution >= 4 is 5.91 Å². The molecule has 1 aliphatic heterocycles. The second-order valence-corrected chi connectivity index (χ2v) is 6.39. The topological polar surface area (TPSA) is 45.7 Å². The van der Waals surface area contributed by atoms with E-state index in [0.717, 1.165) is 16.2 Å². The number of piperazine rings is 1. The van der Waals surface area contributed by atoms with E-state index in [1.165, 1.54) is 0 Å². The van der Waals surface area contributed by atoms with Gasteiger partial charge in [-0.3, -0.25) is 14.7 Å². The molecule has 0 aliphatic carbocycles. The molecule has 3 rings (SSSR count). The number of alkyl halides is 3. The van der Waals surface area contributed by atoms with Gasteiger partial charge in [-0.1, -0.05) is 18.2 Å². The molecule has 1 aromatic heterocycles. The Labute approximate surface area is 155 Å². The van der Waals surface area contributed by atoms with Crippen LogP contribution >= 0.6 is 0 Å². The van der Waals surface area contributed by atoms with Gasteiger partial charge in [-0.05, 0) is 29.8 Å². The molecule has 8 heteroatoms. The first-order valence-electron chi connectivity index (χ1n) is 8.57. The van der Waals surface area contributed by atoms with Crippen LogP contribution in [0.15, 0.2) is 48.7 Å². The van der Waals surface area contributed by atoms with Crippen LogP contribution in [0.4, 0.5) is 13.2 Å². The molecule has 1 amide bonds. The van der Waals surface area contributed by atoms with Crippen LogP contribution in [-0.4, -0.2) is 53.0 Å². The van der Waals surface area contributed by atoms with Crippen LogP contribution in [0.3, 0.4) is 0 Å². The Kier molecular flexibility index (Phi) is 5.95. The molecule has 2 heterocycles. The first kappa shape index (κ1) is 19.2. The largest absolute Gasteiger partial charge is 0.487 e. The highest BCUT2D eigenvalue weighted by Gasteiger charge is 2.35. The summed E-state index contributed by atoms with van der Waals surface area (Å²) in [5, 5.41) is 0. The van der Waals surface area contributed by atoms with Crippen molar-refractivity contribution < 1.29 is 22.7 Å². The SMILES string of the molecule is O=C1CN(Cc2ccc(OCc3ccccn3)cc2)CCN1CC(F)(F)F. The first-order valence-corrected chi connectivity index (χ1v) is 8.57. The van der Waals surface area contributed by atoms with Gasteiger partial charge in [-0.15, -0.1) is 0 Å². The van der Waals surface area contributed by atoms with Crippen molar-refractivity contribution in [2.24, 2.45) is 0 Å². The van der Waals surface area contributed by atoms with Gasteiger partial charge in [0.25, 0.3) is 0 Å². The molecule has 1 aromatic carbocycles. The fourth-order valence-corrected chi connectivity index (χ4v) is 2.87. The Balaban J connectivity index is 1.48. The van der Waals surface area contributed by atoms with Crippen LogP contribution in [0, 0.1) is 0 Å². The minimum absolute atomic E-state index is 0.00594. The number of amides is 1. The van der Waals surface area contributed by atoms with E-state index in [1.54, 1.807) is 6.20 Å². The number of ether oxygens (including phenoxy) is 1. The zero-order chi connectivity index (χ0) is 19.3. The highest BCUT2D eigenvalue weighted by Crippen LogP contribution is 2.19. The molecule has 5 nitrogen and oxygen atoms in total. The number of hydrogen-bond acceptors (Lipinski definition) is 4. The number of carbonyl (C=O) groups excluding carboxylic acids is 1. The lowest BCUT2D eigenvalue weighted by Crippen LogP contribution is -2.52. The standard InChI is InChI=1S/C19H20F3N3O2/c20-19(21,22)14-25-10-9-24(12-18(25)26)11-15-4-6-17(7-5-15)27-13-16-3-1-2-8-23-16/h1-8H,9-14H2. The molecule has 0 saturated carbocycles. The first-order chi connectivity index (χ1) is 12.9. The molecule has 0 spiro atoms. The van der Waals surface area contributed by atoms with Crippen molar-refractivity contribution in [2.75, 3.05) is 26.2 Å². The Morgan fingerprint density at radius 1 is 1.07 bits per heavy atom. The fourth-order valence-electron chi connectivity index (χ4n) is 2.87. The van der Waals surface area contributed by atoms with Crippen LogP contribution in [0.5, 0.6) is 5.75 Å².